The van der Waals surface area contributed by atoms with Crippen LogP contribution < -0.4 is 21.5 Å². The van der Waals surface area contributed by atoms with Gasteiger partial charge in [0.1, 0.15) is 5.54 Å². The van der Waals surface area contributed by atoms with Gasteiger partial charge in [0.15, 0.2) is 0 Å². The number of carbonyl (C=O) groups excluding carboxylic acids is 1. The zero-order valence-corrected chi connectivity index (χ0v) is 14.2. The van der Waals surface area contributed by atoms with E-state index >= 15 is 0 Å². The zero-order valence-electron chi connectivity index (χ0n) is 14.2. The molecule has 128 valence electrons. The van der Waals surface area contributed by atoms with E-state index in [2.05, 4.69) is 10.2 Å². The Kier molecular flexibility index (Phi) is 5.82. The van der Waals surface area contributed by atoms with Crippen LogP contribution in [0, 0.1) is 0 Å². The van der Waals surface area contributed by atoms with Gasteiger partial charge in [0.25, 0.3) is 5.56 Å². The molecular weight excluding hydrogens is 292 g/mol. The summed E-state index contributed by atoms with van der Waals surface area (Å²) in [5, 5.41) is 2.77. The molecule has 1 saturated heterocycles. The third-order valence-corrected chi connectivity index (χ3v) is 4.45. The van der Waals surface area contributed by atoms with Gasteiger partial charge in [-0.15, -0.1) is 0 Å². The molecule has 0 unspecified atom stereocenters. The standard InChI is InChI=1S/C17H28N4O2/c1-17(2,16(23)19-10-9-18)21-13-14(7-8-15(21)22)20-11-5-3-4-6-12-20/h7-8,13H,3-6,9-12,18H2,1-2H3,(H,19,23). The molecule has 6 heteroatoms. The normalized spacial score (nSPS) is 16.0. The maximum Gasteiger partial charge on any atom is 0.251 e. The molecule has 1 aromatic heterocycles. The Morgan fingerprint density at radius 1 is 1.22 bits per heavy atom. The number of nitrogens with two attached hydrogens (primary N) is 1. The fraction of sp³-hybridized carbons (Fsp3) is 0.647. The number of carbonyl (C=O) groups is 1. The van der Waals surface area contributed by atoms with Crippen molar-refractivity contribution in [1.29, 1.82) is 0 Å². The summed E-state index contributed by atoms with van der Waals surface area (Å²) in [4.78, 5) is 27.0. The first-order valence-electron chi connectivity index (χ1n) is 8.43. The Morgan fingerprint density at radius 3 is 2.48 bits per heavy atom. The molecule has 1 aliphatic rings. The molecule has 0 spiro atoms. The maximum atomic E-state index is 12.4. The minimum Gasteiger partial charge on any atom is -0.370 e. The smallest absolute Gasteiger partial charge is 0.251 e. The number of hydrogen-bond donors (Lipinski definition) is 2. The molecule has 1 aliphatic heterocycles. The molecule has 2 rings (SSSR count). The fourth-order valence-electron chi connectivity index (χ4n) is 2.94. The largest absolute Gasteiger partial charge is 0.370 e. The van der Waals surface area contributed by atoms with Crippen molar-refractivity contribution in [3.8, 4) is 0 Å². The van der Waals surface area contributed by atoms with Gasteiger partial charge < -0.3 is 16.0 Å². The molecule has 0 aromatic carbocycles. The predicted octanol–water partition coefficient (Wildman–Crippen LogP) is 1.04. The first-order chi connectivity index (χ1) is 11.0. The molecule has 2 heterocycles. The second-order valence-electron chi connectivity index (χ2n) is 6.60. The van der Waals surface area contributed by atoms with Crippen molar-refractivity contribution in [3.05, 3.63) is 28.7 Å². The van der Waals surface area contributed by atoms with Crippen LogP contribution in [0.1, 0.15) is 39.5 Å². The number of hydrogen-bond acceptors (Lipinski definition) is 4. The Bertz CT molecular complexity index is 587. The Labute approximate surface area is 137 Å². The summed E-state index contributed by atoms with van der Waals surface area (Å²) in [6.45, 7) is 6.29. The minimum atomic E-state index is -0.950. The first-order valence-corrected chi connectivity index (χ1v) is 8.43. The highest BCUT2D eigenvalue weighted by molar-refractivity contribution is 5.83. The lowest BCUT2D eigenvalue weighted by atomic mass is 10.0. The van der Waals surface area contributed by atoms with Gasteiger partial charge in [-0.1, -0.05) is 12.8 Å². The third kappa shape index (κ3) is 4.13. The molecule has 0 radical (unpaired) electrons. The van der Waals surface area contributed by atoms with E-state index in [-0.39, 0.29) is 11.5 Å². The molecule has 0 bridgehead atoms. The van der Waals surface area contributed by atoms with Crippen LogP contribution in [0.25, 0.3) is 0 Å². The highest BCUT2D eigenvalue weighted by atomic mass is 16.2. The Morgan fingerprint density at radius 2 is 1.87 bits per heavy atom. The average Bonchev–Trinajstić information content (AvgIpc) is 2.82. The highest BCUT2D eigenvalue weighted by Crippen LogP contribution is 2.21. The molecule has 1 fully saturated rings. The van der Waals surface area contributed by atoms with Gasteiger partial charge in [-0.3, -0.25) is 14.2 Å². The van der Waals surface area contributed by atoms with E-state index in [0.29, 0.717) is 13.1 Å². The lowest BCUT2D eigenvalue weighted by molar-refractivity contribution is -0.128. The summed E-state index contributed by atoms with van der Waals surface area (Å²) in [5.74, 6) is -0.196. The first kappa shape index (κ1) is 17.5. The van der Waals surface area contributed by atoms with Crippen molar-refractivity contribution in [2.24, 2.45) is 5.73 Å². The van der Waals surface area contributed by atoms with Gasteiger partial charge in [-0.05, 0) is 32.8 Å². The molecule has 0 saturated carbocycles. The van der Waals surface area contributed by atoms with Gasteiger partial charge in [0, 0.05) is 38.4 Å². The SMILES string of the molecule is CC(C)(C(=O)NCCN)n1cc(N2CCCCCC2)ccc1=O. The fourth-order valence-corrected chi connectivity index (χ4v) is 2.94. The maximum absolute atomic E-state index is 12.4. The third-order valence-electron chi connectivity index (χ3n) is 4.45. The number of rotatable bonds is 5. The van der Waals surface area contributed by atoms with Gasteiger partial charge in [-0.2, -0.15) is 0 Å². The van der Waals surface area contributed by atoms with Crippen LogP contribution in [0.3, 0.4) is 0 Å². The van der Waals surface area contributed by atoms with E-state index in [1.165, 1.54) is 30.3 Å². The molecule has 23 heavy (non-hydrogen) atoms. The van der Waals surface area contributed by atoms with Crippen LogP contribution in [0.2, 0.25) is 0 Å². The molecular formula is C17H28N4O2. The summed E-state index contributed by atoms with van der Waals surface area (Å²) in [5.41, 5.74) is 5.32. The Hall–Kier alpha value is -1.82. The van der Waals surface area contributed by atoms with E-state index in [1.54, 1.807) is 19.9 Å². The second kappa shape index (κ2) is 7.64. The number of nitrogens with zero attached hydrogens (tertiary/aromatic N) is 2. The summed E-state index contributed by atoms with van der Waals surface area (Å²) in [6.07, 6.45) is 6.65. The quantitative estimate of drug-likeness (QED) is 0.849. The van der Waals surface area contributed by atoms with Gasteiger partial charge >= 0.3 is 0 Å². The summed E-state index contributed by atoms with van der Waals surface area (Å²) in [7, 11) is 0. The Balaban J connectivity index is 2.29. The van der Waals surface area contributed by atoms with Crippen LogP contribution in [-0.4, -0.2) is 36.7 Å². The van der Waals surface area contributed by atoms with Crippen molar-refractivity contribution in [2.75, 3.05) is 31.1 Å². The molecule has 0 aliphatic carbocycles. The average molecular weight is 320 g/mol. The molecule has 1 amide bonds. The monoisotopic (exact) mass is 320 g/mol. The van der Waals surface area contributed by atoms with Crippen molar-refractivity contribution >= 4 is 11.6 Å². The van der Waals surface area contributed by atoms with E-state index in [1.807, 2.05) is 12.3 Å². The number of aromatic nitrogens is 1. The predicted molar refractivity (Wildman–Crippen MR) is 92.8 cm³/mol. The summed E-state index contributed by atoms with van der Waals surface area (Å²) < 4.78 is 1.53. The number of anilines is 1. The van der Waals surface area contributed by atoms with Crippen molar-refractivity contribution in [1.82, 2.24) is 9.88 Å². The van der Waals surface area contributed by atoms with Crippen LogP contribution in [0.5, 0.6) is 0 Å². The van der Waals surface area contributed by atoms with E-state index in [0.717, 1.165) is 18.8 Å². The van der Waals surface area contributed by atoms with Gasteiger partial charge in [-0.25, -0.2) is 0 Å². The molecule has 0 atom stereocenters. The van der Waals surface area contributed by atoms with E-state index < -0.39 is 5.54 Å². The van der Waals surface area contributed by atoms with Gasteiger partial charge in [0.05, 0.1) is 5.69 Å². The summed E-state index contributed by atoms with van der Waals surface area (Å²) >= 11 is 0. The molecule has 1 aromatic rings. The lowest BCUT2D eigenvalue weighted by Gasteiger charge is -2.29. The van der Waals surface area contributed by atoms with Crippen LogP contribution in [0.4, 0.5) is 5.69 Å². The van der Waals surface area contributed by atoms with Crippen LogP contribution in [0.15, 0.2) is 23.1 Å². The van der Waals surface area contributed by atoms with Crippen molar-refractivity contribution in [2.45, 2.75) is 45.1 Å². The second-order valence-corrected chi connectivity index (χ2v) is 6.60. The molecule has 6 nitrogen and oxygen atoms in total. The van der Waals surface area contributed by atoms with Crippen LogP contribution in [-0.2, 0) is 10.3 Å². The van der Waals surface area contributed by atoms with E-state index in [9.17, 15) is 9.59 Å². The number of pyridine rings is 1. The lowest BCUT2D eigenvalue weighted by Crippen LogP contribution is -2.49. The van der Waals surface area contributed by atoms with Crippen molar-refractivity contribution in [3.63, 3.8) is 0 Å². The number of nitrogens with one attached hydrogen (secondary N) is 1. The summed E-state index contributed by atoms with van der Waals surface area (Å²) in [6, 6.07) is 3.41. The zero-order chi connectivity index (χ0) is 16.9. The highest BCUT2D eigenvalue weighted by Gasteiger charge is 2.30. The number of amides is 1. The topological polar surface area (TPSA) is 80.4 Å². The molecule has 3 N–H and O–H groups in total. The van der Waals surface area contributed by atoms with Crippen LogP contribution >= 0.6 is 0 Å². The minimum absolute atomic E-state index is 0.170. The van der Waals surface area contributed by atoms with E-state index in [4.69, 9.17) is 5.73 Å². The van der Waals surface area contributed by atoms with Crippen molar-refractivity contribution < 1.29 is 4.79 Å². The van der Waals surface area contributed by atoms with Gasteiger partial charge in [0.2, 0.25) is 5.91 Å².